The third-order valence-electron chi connectivity index (χ3n) is 6.46. The van der Waals surface area contributed by atoms with Gasteiger partial charge in [0.05, 0.1) is 11.3 Å². The Hall–Kier alpha value is -1.94. The lowest BCUT2D eigenvalue weighted by Gasteiger charge is -2.48. The van der Waals surface area contributed by atoms with Crippen molar-refractivity contribution in [3.05, 3.63) is 52.8 Å². The van der Waals surface area contributed by atoms with E-state index < -0.39 is 0 Å². The maximum absolute atomic E-state index is 13.3. The van der Waals surface area contributed by atoms with Crippen LogP contribution >= 0.6 is 0 Å². The van der Waals surface area contributed by atoms with Crippen LogP contribution in [0.25, 0.3) is 0 Å². The van der Waals surface area contributed by atoms with Crippen molar-refractivity contribution in [3.8, 4) is 0 Å². The van der Waals surface area contributed by atoms with Gasteiger partial charge in [-0.15, -0.1) is 0 Å². The predicted molar refractivity (Wildman–Crippen MR) is 103 cm³/mol. The quantitative estimate of drug-likeness (QED) is 0.780. The molecule has 0 aliphatic carbocycles. The molecule has 2 bridgehead atoms. The van der Waals surface area contributed by atoms with Crippen LogP contribution in [0.2, 0.25) is 0 Å². The van der Waals surface area contributed by atoms with Gasteiger partial charge in [-0.3, -0.25) is 14.4 Å². The smallest absolute Gasteiger partial charge is 0.169 e. The van der Waals surface area contributed by atoms with E-state index in [1.54, 1.807) is 0 Å². The fourth-order valence-electron chi connectivity index (χ4n) is 5.08. The summed E-state index contributed by atoms with van der Waals surface area (Å²) in [5.41, 5.74) is 4.14. The summed E-state index contributed by atoms with van der Waals surface area (Å²) < 4.78 is 1.84. The molecule has 2 aliphatic rings. The lowest BCUT2D eigenvalue weighted by Crippen LogP contribution is -2.52. The molecular weight excluding hydrogens is 322 g/mol. The molecule has 0 N–H and O–H groups in total. The summed E-state index contributed by atoms with van der Waals surface area (Å²) in [7, 11) is 1.93. The number of rotatable bonds is 4. The maximum atomic E-state index is 13.3. The zero-order valence-corrected chi connectivity index (χ0v) is 16.1. The lowest BCUT2D eigenvalue weighted by atomic mass is 9.75. The molecule has 4 nitrogen and oxygen atoms in total. The third kappa shape index (κ3) is 3.11. The van der Waals surface area contributed by atoms with E-state index in [-0.39, 0.29) is 5.92 Å². The largest absolute Gasteiger partial charge is 0.294 e. The molecule has 26 heavy (non-hydrogen) atoms. The monoisotopic (exact) mass is 351 g/mol. The van der Waals surface area contributed by atoms with E-state index in [0.29, 0.717) is 17.9 Å². The number of hydrogen-bond donors (Lipinski definition) is 0. The summed E-state index contributed by atoms with van der Waals surface area (Å²) in [5, 5.41) is 4.45. The lowest BCUT2D eigenvalue weighted by molar-refractivity contribution is 0.00902. The number of aryl methyl sites for hydroxylation is 2. The SMILES string of the molecule is Cc1nn(C)c(C)c1C(=O)C1CC2CCCC(C1)N2Cc1ccccc1. The van der Waals surface area contributed by atoms with Crippen molar-refractivity contribution in [2.24, 2.45) is 13.0 Å². The molecule has 0 radical (unpaired) electrons. The second-order valence-electron chi connectivity index (χ2n) is 8.10. The average molecular weight is 351 g/mol. The van der Waals surface area contributed by atoms with Gasteiger partial charge in [0.25, 0.3) is 0 Å². The van der Waals surface area contributed by atoms with E-state index in [1.165, 1.54) is 24.8 Å². The fraction of sp³-hybridized carbons (Fsp3) is 0.545. The van der Waals surface area contributed by atoms with E-state index in [0.717, 1.165) is 36.3 Å². The van der Waals surface area contributed by atoms with Gasteiger partial charge in [0.2, 0.25) is 0 Å². The maximum Gasteiger partial charge on any atom is 0.169 e. The van der Waals surface area contributed by atoms with Crippen LogP contribution in [0.5, 0.6) is 0 Å². The minimum absolute atomic E-state index is 0.152. The Morgan fingerprint density at radius 2 is 1.77 bits per heavy atom. The molecule has 0 amide bonds. The molecule has 1 aromatic carbocycles. The van der Waals surface area contributed by atoms with Crippen molar-refractivity contribution in [1.82, 2.24) is 14.7 Å². The molecule has 138 valence electrons. The Morgan fingerprint density at radius 1 is 1.12 bits per heavy atom. The summed E-state index contributed by atoms with van der Waals surface area (Å²) in [5.74, 6) is 0.475. The molecule has 3 heterocycles. The first-order valence-electron chi connectivity index (χ1n) is 9.88. The second-order valence-corrected chi connectivity index (χ2v) is 8.10. The van der Waals surface area contributed by atoms with Crippen LogP contribution in [-0.2, 0) is 13.6 Å². The number of nitrogens with zero attached hydrogens (tertiary/aromatic N) is 3. The molecule has 2 unspecified atom stereocenters. The molecule has 2 atom stereocenters. The van der Waals surface area contributed by atoms with Crippen molar-refractivity contribution in [1.29, 1.82) is 0 Å². The standard InChI is InChI=1S/C22H29N3O/c1-15-21(16(2)24(3)23-15)22(26)18-12-19-10-7-11-20(13-18)25(19)14-17-8-5-4-6-9-17/h4-6,8-9,18-20H,7,10-14H2,1-3H3. The van der Waals surface area contributed by atoms with Gasteiger partial charge in [0.1, 0.15) is 0 Å². The van der Waals surface area contributed by atoms with Crippen molar-refractivity contribution in [2.75, 3.05) is 0 Å². The van der Waals surface area contributed by atoms with E-state index >= 15 is 0 Å². The molecule has 2 aliphatic heterocycles. The van der Waals surface area contributed by atoms with Crippen LogP contribution in [0, 0.1) is 19.8 Å². The van der Waals surface area contributed by atoms with Crippen LogP contribution < -0.4 is 0 Å². The Morgan fingerprint density at radius 3 is 2.35 bits per heavy atom. The summed E-state index contributed by atoms with van der Waals surface area (Å²) >= 11 is 0. The van der Waals surface area contributed by atoms with Gasteiger partial charge < -0.3 is 0 Å². The van der Waals surface area contributed by atoms with Gasteiger partial charge >= 0.3 is 0 Å². The number of fused-ring (bicyclic) bond motifs is 2. The molecule has 2 fully saturated rings. The summed E-state index contributed by atoms with van der Waals surface area (Å²) in [6.07, 6.45) is 5.73. The van der Waals surface area contributed by atoms with Crippen molar-refractivity contribution in [3.63, 3.8) is 0 Å². The third-order valence-corrected chi connectivity index (χ3v) is 6.46. The van der Waals surface area contributed by atoms with Gasteiger partial charge in [-0.1, -0.05) is 36.8 Å². The van der Waals surface area contributed by atoms with Crippen molar-refractivity contribution < 1.29 is 4.79 Å². The second kappa shape index (κ2) is 6.99. The van der Waals surface area contributed by atoms with E-state index in [2.05, 4.69) is 40.3 Å². The number of benzene rings is 1. The zero-order chi connectivity index (χ0) is 18.3. The van der Waals surface area contributed by atoms with Crippen LogP contribution in [-0.4, -0.2) is 32.5 Å². The first-order chi connectivity index (χ1) is 12.5. The van der Waals surface area contributed by atoms with Crippen LogP contribution in [0.15, 0.2) is 30.3 Å². The highest BCUT2D eigenvalue weighted by atomic mass is 16.1. The van der Waals surface area contributed by atoms with Gasteiger partial charge in [-0.2, -0.15) is 5.10 Å². The number of ketones is 1. The van der Waals surface area contributed by atoms with Crippen LogP contribution in [0.4, 0.5) is 0 Å². The van der Waals surface area contributed by atoms with Gasteiger partial charge in [-0.25, -0.2) is 0 Å². The molecule has 4 rings (SSSR count). The first-order valence-corrected chi connectivity index (χ1v) is 9.88. The number of carbonyl (C=O) groups excluding carboxylic acids is 1. The Labute approximate surface area is 156 Å². The minimum Gasteiger partial charge on any atom is -0.294 e. The Balaban J connectivity index is 1.53. The first kappa shape index (κ1) is 17.5. The number of carbonyl (C=O) groups is 1. The zero-order valence-electron chi connectivity index (χ0n) is 16.1. The molecule has 0 saturated carbocycles. The van der Waals surface area contributed by atoms with Crippen LogP contribution in [0.1, 0.15) is 59.4 Å². The van der Waals surface area contributed by atoms with Gasteiger partial charge in [0.15, 0.2) is 5.78 Å². The summed E-state index contributed by atoms with van der Waals surface area (Å²) in [6.45, 7) is 4.99. The molecule has 0 spiro atoms. The molecule has 1 aromatic heterocycles. The normalized spacial score (nSPS) is 26.0. The number of Topliss-reactive ketones (excluding diaryl/α,β-unsaturated/α-hetero) is 1. The summed E-state index contributed by atoms with van der Waals surface area (Å²) in [6, 6.07) is 11.8. The highest BCUT2D eigenvalue weighted by Gasteiger charge is 2.41. The van der Waals surface area contributed by atoms with Gasteiger partial charge in [-0.05, 0) is 45.1 Å². The van der Waals surface area contributed by atoms with E-state index in [9.17, 15) is 4.79 Å². The summed E-state index contributed by atoms with van der Waals surface area (Å²) in [4.78, 5) is 16.0. The molecule has 2 aromatic rings. The number of piperidine rings is 2. The predicted octanol–water partition coefficient (Wildman–Crippen LogP) is 4.05. The highest BCUT2D eigenvalue weighted by molar-refractivity contribution is 6.00. The molecular formula is C22H29N3O. The topological polar surface area (TPSA) is 38.1 Å². The number of aromatic nitrogens is 2. The van der Waals surface area contributed by atoms with Crippen LogP contribution in [0.3, 0.4) is 0 Å². The molecule has 4 heteroatoms. The highest BCUT2D eigenvalue weighted by Crippen LogP contribution is 2.39. The van der Waals surface area contributed by atoms with E-state index in [1.807, 2.05) is 25.6 Å². The Kier molecular flexibility index (Phi) is 4.70. The Bertz CT molecular complexity index is 781. The fourth-order valence-corrected chi connectivity index (χ4v) is 5.08. The van der Waals surface area contributed by atoms with Crippen molar-refractivity contribution >= 4 is 5.78 Å². The average Bonchev–Trinajstić information content (AvgIpc) is 2.87. The number of hydrogen-bond acceptors (Lipinski definition) is 3. The van der Waals surface area contributed by atoms with E-state index in [4.69, 9.17) is 0 Å². The van der Waals surface area contributed by atoms with Gasteiger partial charge in [0, 0.05) is 37.3 Å². The van der Waals surface area contributed by atoms with Crippen molar-refractivity contribution in [2.45, 2.75) is 64.6 Å². The minimum atomic E-state index is 0.152. The molecule has 2 saturated heterocycles.